The molecule has 0 saturated carbocycles. The second-order valence-electron chi connectivity index (χ2n) is 5.47. The molecule has 0 amide bonds. The molecule has 0 spiro atoms. The molecule has 0 aliphatic carbocycles. The number of aryl methyl sites for hydroxylation is 1. The molecule has 3 aromatic rings. The van der Waals surface area contributed by atoms with Crippen LogP contribution in [-0.2, 0) is 16.4 Å². The second-order valence-corrected chi connectivity index (χ2v) is 8.54. The Morgan fingerprint density at radius 3 is 2.38 bits per heavy atom. The van der Waals surface area contributed by atoms with Crippen LogP contribution in [0.25, 0.3) is 10.4 Å². The molecule has 0 aliphatic heterocycles. The predicted octanol–water partition coefficient (Wildman–Crippen LogP) is 4.88. The number of hydrogen-bond donors (Lipinski definition) is 0. The quantitative estimate of drug-likeness (QED) is 0.590. The highest BCUT2D eigenvalue weighted by Crippen LogP contribution is 2.36. The smallest absolute Gasteiger partial charge is 0.249 e. The highest BCUT2D eigenvalue weighted by atomic mass is 32.2. The van der Waals surface area contributed by atoms with Crippen LogP contribution >= 0.6 is 11.3 Å². The molecule has 24 heavy (non-hydrogen) atoms. The van der Waals surface area contributed by atoms with Gasteiger partial charge in [0.15, 0.2) is 0 Å². The van der Waals surface area contributed by atoms with Gasteiger partial charge in [-0.2, -0.15) is 0 Å². The van der Waals surface area contributed by atoms with Crippen LogP contribution in [0, 0.1) is 0 Å². The van der Waals surface area contributed by atoms with Crippen LogP contribution < -0.4 is 0 Å². The van der Waals surface area contributed by atoms with E-state index in [0.717, 1.165) is 21.7 Å². The first-order valence-electron chi connectivity index (χ1n) is 7.75. The molecule has 2 aromatic heterocycles. The van der Waals surface area contributed by atoms with Gasteiger partial charge in [0, 0.05) is 22.1 Å². The first kappa shape index (κ1) is 16.7. The van der Waals surface area contributed by atoms with Crippen LogP contribution in [0.4, 0.5) is 0 Å². The van der Waals surface area contributed by atoms with Crippen LogP contribution in [0.1, 0.15) is 22.6 Å². The lowest BCUT2D eigenvalue weighted by Crippen LogP contribution is -2.17. The van der Waals surface area contributed by atoms with E-state index in [4.69, 9.17) is 0 Å². The zero-order chi connectivity index (χ0) is 17.2. The maximum Gasteiger partial charge on any atom is 0.249 e. The molecule has 0 fully saturated rings. The topological polar surface area (TPSA) is 39.1 Å². The van der Waals surface area contributed by atoms with Gasteiger partial charge >= 0.3 is 0 Å². The van der Waals surface area contributed by atoms with Crippen molar-refractivity contribution < 1.29 is 8.42 Å². The third-order valence-corrected chi connectivity index (χ3v) is 7.25. The number of thiophene rings is 1. The molecule has 2 heterocycles. The van der Waals surface area contributed by atoms with Gasteiger partial charge in [-0.25, -0.2) is 8.42 Å². The van der Waals surface area contributed by atoms with Gasteiger partial charge in [-0.15, -0.1) is 17.9 Å². The molecule has 3 rings (SSSR count). The van der Waals surface area contributed by atoms with Crippen LogP contribution in [0.3, 0.4) is 0 Å². The molecule has 0 saturated heterocycles. The van der Waals surface area contributed by atoms with Crippen molar-refractivity contribution in [3.05, 3.63) is 84.0 Å². The minimum Gasteiger partial charge on any atom is -0.252 e. The molecule has 0 radical (unpaired) electrons. The van der Waals surface area contributed by atoms with Crippen molar-refractivity contribution in [1.82, 2.24) is 3.97 Å². The maximum atomic E-state index is 12.8. The molecule has 0 aliphatic rings. The molecule has 0 bridgehead atoms. The van der Waals surface area contributed by atoms with E-state index in [1.165, 1.54) is 26.9 Å². The number of hydrogen-bond acceptors (Lipinski definition) is 3. The predicted molar refractivity (Wildman–Crippen MR) is 101 cm³/mol. The number of nitrogens with zero attached hydrogens (tertiary/aromatic N) is 1. The lowest BCUT2D eigenvalue weighted by atomic mass is 10.1. The van der Waals surface area contributed by atoms with Gasteiger partial charge < -0.3 is 0 Å². The van der Waals surface area contributed by atoms with Crippen molar-refractivity contribution in [2.45, 2.75) is 18.6 Å². The Morgan fingerprint density at radius 1 is 1.12 bits per heavy atom. The Balaban J connectivity index is 1.94. The summed E-state index contributed by atoms with van der Waals surface area (Å²) >= 11 is 1.49. The monoisotopic (exact) mass is 357 g/mol. The van der Waals surface area contributed by atoms with Gasteiger partial charge in [0.1, 0.15) is 5.25 Å². The Kier molecular flexibility index (Phi) is 4.73. The van der Waals surface area contributed by atoms with E-state index in [0.29, 0.717) is 0 Å². The molecule has 0 N–H and O–H groups in total. The SMILES string of the molecule is C=CC(c1ccc(-c2ccc(CC)cc2)s1)S(=O)(=O)n1cccc1. The van der Waals surface area contributed by atoms with Crippen molar-refractivity contribution in [3.8, 4) is 10.4 Å². The summed E-state index contributed by atoms with van der Waals surface area (Å²) < 4.78 is 26.8. The summed E-state index contributed by atoms with van der Waals surface area (Å²) in [4.78, 5) is 1.83. The Bertz CT molecular complexity index is 920. The molecule has 1 aromatic carbocycles. The van der Waals surface area contributed by atoms with Crippen molar-refractivity contribution in [2.24, 2.45) is 0 Å². The molecular weight excluding hydrogens is 338 g/mol. The Labute approximate surface area is 147 Å². The summed E-state index contributed by atoms with van der Waals surface area (Å²) in [5, 5.41) is -0.751. The summed E-state index contributed by atoms with van der Waals surface area (Å²) in [6.07, 6.45) is 5.59. The zero-order valence-corrected chi connectivity index (χ0v) is 15.1. The van der Waals surface area contributed by atoms with Crippen molar-refractivity contribution in [1.29, 1.82) is 0 Å². The fraction of sp³-hybridized carbons (Fsp3) is 0.158. The molecular formula is C19H19NO2S2. The largest absolute Gasteiger partial charge is 0.252 e. The highest BCUT2D eigenvalue weighted by Gasteiger charge is 2.27. The van der Waals surface area contributed by atoms with Gasteiger partial charge in [-0.3, -0.25) is 3.97 Å². The van der Waals surface area contributed by atoms with E-state index in [1.807, 2.05) is 12.1 Å². The Hall–Kier alpha value is -2.11. The summed E-state index contributed by atoms with van der Waals surface area (Å²) in [6, 6.07) is 15.6. The summed E-state index contributed by atoms with van der Waals surface area (Å²) in [5.74, 6) is 0. The highest BCUT2D eigenvalue weighted by molar-refractivity contribution is 7.90. The van der Waals surface area contributed by atoms with Crippen molar-refractivity contribution in [2.75, 3.05) is 0 Å². The number of benzene rings is 1. The van der Waals surface area contributed by atoms with E-state index >= 15 is 0 Å². The number of rotatable bonds is 6. The van der Waals surface area contributed by atoms with E-state index in [2.05, 4.69) is 37.8 Å². The van der Waals surface area contributed by atoms with E-state index in [1.54, 1.807) is 24.5 Å². The van der Waals surface area contributed by atoms with Crippen LogP contribution in [0.15, 0.2) is 73.6 Å². The lowest BCUT2D eigenvalue weighted by molar-refractivity contribution is 0.582. The van der Waals surface area contributed by atoms with Gasteiger partial charge in [0.25, 0.3) is 0 Å². The van der Waals surface area contributed by atoms with Crippen molar-refractivity contribution >= 4 is 21.4 Å². The van der Waals surface area contributed by atoms with Gasteiger partial charge in [-0.1, -0.05) is 37.3 Å². The van der Waals surface area contributed by atoms with Crippen molar-refractivity contribution in [3.63, 3.8) is 0 Å². The van der Waals surface area contributed by atoms with Gasteiger partial charge in [-0.05, 0) is 41.8 Å². The first-order chi connectivity index (χ1) is 11.6. The van der Waals surface area contributed by atoms with E-state index < -0.39 is 15.3 Å². The van der Waals surface area contributed by atoms with Gasteiger partial charge in [0.05, 0.1) is 0 Å². The minimum absolute atomic E-state index is 0.751. The fourth-order valence-electron chi connectivity index (χ4n) is 2.57. The average molecular weight is 358 g/mol. The third-order valence-electron chi connectivity index (χ3n) is 3.96. The molecule has 3 nitrogen and oxygen atoms in total. The molecule has 1 unspecified atom stereocenters. The number of aromatic nitrogens is 1. The van der Waals surface area contributed by atoms with Crippen LogP contribution in [0.5, 0.6) is 0 Å². The average Bonchev–Trinajstić information content (AvgIpc) is 3.28. The lowest BCUT2D eigenvalue weighted by Gasteiger charge is -2.13. The van der Waals surface area contributed by atoms with Gasteiger partial charge in [0.2, 0.25) is 10.0 Å². The van der Waals surface area contributed by atoms with E-state index in [-0.39, 0.29) is 0 Å². The maximum absolute atomic E-state index is 12.8. The minimum atomic E-state index is -3.53. The Morgan fingerprint density at radius 2 is 1.79 bits per heavy atom. The molecule has 1 atom stereocenters. The third kappa shape index (κ3) is 3.09. The fourth-order valence-corrected chi connectivity index (χ4v) is 5.43. The normalized spacial score (nSPS) is 12.9. The van der Waals surface area contributed by atoms with Crippen LogP contribution in [0.2, 0.25) is 0 Å². The first-order valence-corrected chi connectivity index (χ1v) is 10.1. The standard InChI is InChI=1S/C19H19NO2S2/c1-3-15-7-9-16(10-8-15)17-11-12-18(23-17)19(4-2)24(21,22)20-13-5-6-14-20/h4-14,19H,2-3H2,1H3. The van der Waals surface area contributed by atoms with E-state index in [9.17, 15) is 8.42 Å². The molecule has 124 valence electrons. The van der Waals surface area contributed by atoms with Crippen LogP contribution in [-0.4, -0.2) is 12.4 Å². The molecule has 5 heteroatoms. The zero-order valence-electron chi connectivity index (χ0n) is 13.4. The summed E-state index contributed by atoms with van der Waals surface area (Å²) in [6.45, 7) is 5.86. The second kappa shape index (κ2) is 6.79. The summed E-state index contributed by atoms with van der Waals surface area (Å²) in [5.41, 5.74) is 2.39. The summed E-state index contributed by atoms with van der Waals surface area (Å²) in [7, 11) is -3.53.